The van der Waals surface area contributed by atoms with E-state index in [9.17, 15) is 4.79 Å². The maximum atomic E-state index is 11.9. The number of carbonyl (C=O) groups is 1. The van der Waals surface area contributed by atoms with Gasteiger partial charge in [-0.3, -0.25) is 4.79 Å². The van der Waals surface area contributed by atoms with Crippen LogP contribution in [0.5, 0.6) is 0 Å². The van der Waals surface area contributed by atoms with Gasteiger partial charge in [0.15, 0.2) is 0 Å². The Labute approximate surface area is 105 Å². The minimum absolute atomic E-state index is 0.0687. The highest BCUT2D eigenvalue weighted by atomic mass is 16.1. The van der Waals surface area contributed by atoms with Crippen LogP contribution >= 0.6 is 0 Å². The number of nitriles is 1. The average molecular weight is 236 g/mol. The number of nitrogens with one attached hydrogen (secondary N) is 1. The van der Waals surface area contributed by atoms with E-state index in [-0.39, 0.29) is 11.9 Å². The Morgan fingerprint density at radius 1 is 1.47 bits per heavy atom. The van der Waals surface area contributed by atoms with Gasteiger partial charge in [0.05, 0.1) is 6.07 Å². The smallest absolute Gasteiger partial charge is 0.237 e. The second-order valence-corrected chi connectivity index (χ2v) is 5.48. The predicted octanol–water partition coefficient (Wildman–Crippen LogP) is 2.87. The number of hydrogen-bond acceptors (Lipinski definition) is 2. The molecule has 0 heterocycles. The Hall–Kier alpha value is -1.04. The number of carbonyl (C=O) groups excluding carboxylic acids is 1. The van der Waals surface area contributed by atoms with E-state index in [0.29, 0.717) is 12.3 Å². The molecule has 1 N–H and O–H groups in total. The third-order valence-corrected chi connectivity index (χ3v) is 3.81. The molecular formula is C14H24N2O. The molecule has 1 aliphatic carbocycles. The summed E-state index contributed by atoms with van der Waals surface area (Å²) < 4.78 is 0. The maximum absolute atomic E-state index is 11.9. The minimum atomic E-state index is -0.466. The van der Waals surface area contributed by atoms with E-state index in [1.54, 1.807) is 0 Å². The third kappa shape index (κ3) is 4.03. The number of hydrogen-bond donors (Lipinski definition) is 1. The SMILES string of the molecule is CCCC(C#N)C(=O)NC1CCC(C)CC1C. The standard InChI is InChI=1S/C14H24N2O/c1-4-5-12(9-15)14(17)16-13-7-6-10(2)8-11(13)3/h10-13H,4-8H2,1-3H3,(H,16,17). The van der Waals surface area contributed by atoms with Crippen molar-refractivity contribution in [2.24, 2.45) is 17.8 Å². The van der Waals surface area contributed by atoms with E-state index >= 15 is 0 Å². The molecule has 4 atom stereocenters. The fraction of sp³-hybridized carbons (Fsp3) is 0.857. The van der Waals surface area contributed by atoms with Crippen molar-refractivity contribution in [3.05, 3.63) is 0 Å². The third-order valence-electron chi connectivity index (χ3n) is 3.81. The molecule has 1 amide bonds. The number of nitrogens with zero attached hydrogens (tertiary/aromatic N) is 1. The molecule has 0 spiro atoms. The summed E-state index contributed by atoms with van der Waals surface area (Å²) >= 11 is 0. The van der Waals surface area contributed by atoms with Crippen LogP contribution in [0, 0.1) is 29.1 Å². The lowest BCUT2D eigenvalue weighted by molar-refractivity contribution is -0.125. The van der Waals surface area contributed by atoms with Crippen LogP contribution in [0.25, 0.3) is 0 Å². The fourth-order valence-electron chi connectivity index (χ4n) is 2.71. The summed E-state index contributed by atoms with van der Waals surface area (Å²) in [6, 6.07) is 2.37. The van der Waals surface area contributed by atoms with Crippen molar-refractivity contribution in [1.29, 1.82) is 5.26 Å². The highest BCUT2D eigenvalue weighted by Gasteiger charge is 2.28. The predicted molar refractivity (Wildman–Crippen MR) is 68.1 cm³/mol. The Morgan fingerprint density at radius 3 is 2.71 bits per heavy atom. The first-order valence-corrected chi connectivity index (χ1v) is 6.78. The van der Waals surface area contributed by atoms with Gasteiger partial charge in [0, 0.05) is 6.04 Å². The topological polar surface area (TPSA) is 52.9 Å². The van der Waals surface area contributed by atoms with Crippen molar-refractivity contribution in [3.8, 4) is 6.07 Å². The Balaban J connectivity index is 2.48. The largest absolute Gasteiger partial charge is 0.352 e. The van der Waals surface area contributed by atoms with Gasteiger partial charge in [-0.05, 0) is 37.5 Å². The van der Waals surface area contributed by atoms with E-state index in [4.69, 9.17) is 5.26 Å². The first kappa shape index (κ1) is 14.0. The van der Waals surface area contributed by atoms with Gasteiger partial charge in [0.1, 0.15) is 5.92 Å². The molecule has 0 aromatic carbocycles. The highest BCUT2D eigenvalue weighted by Crippen LogP contribution is 2.28. The van der Waals surface area contributed by atoms with Crippen molar-refractivity contribution in [3.63, 3.8) is 0 Å². The minimum Gasteiger partial charge on any atom is -0.352 e. The summed E-state index contributed by atoms with van der Waals surface area (Å²) in [6.07, 6.45) is 4.96. The van der Waals surface area contributed by atoms with Crippen LogP contribution in [0.1, 0.15) is 52.9 Å². The van der Waals surface area contributed by atoms with E-state index in [1.165, 1.54) is 12.8 Å². The average Bonchev–Trinajstić information content (AvgIpc) is 2.29. The molecule has 0 saturated heterocycles. The zero-order chi connectivity index (χ0) is 12.8. The van der Waals surface area contributed by atoms with Crippen LogP contribution in [0.3, 0.4) is 0 Å². The molecule has 0 aromatic heterocycles. The van der Waals surface area contributed by atoms with Crippen LogP contribution in [0.15, 0.2) is 0 Å². The van der Waals surface area contributed by atoms with Crippen LogP contribution in [0.2, 0.25) is 0 Å². The van der Waals surface area contributed by atoms with E-state index in [2.05, 4.69) is 25.2 Å². The quantitative estimate of drug-likeness (QED) is 0.816. The second kappa shape index (κ2) is 6.64. The zero-order valence-corrected chi connectivity index (χ0v) is 11.2. The lowest BCUT2D eigenvalue weighted by atomic mass is 9.79. The van der Waals surface area contributed by atoms with E-state index in [1.807, 2.05) is 6.92 Å². The molecule has 1 rings (SSSR count). The van der Waals surface area contributed by atoms with Gasteiger partial charge in [0.25, 0.3) is 0 Å². The highest BCUT2D eigenvalue weighted by molar-refractivity contribution is 5.81. The molecule has 1 saturated carbocycles. The first-order chi connectivity index (χ1) is 8.08. The lowest BCUT2D eigenvalue weighted by Crippen LogP contribution is -2.44. The fourth-order valence-corrected chi connectivity index (χ4v) is 2.71. The molecule has 3 heteroatoms. The van der Waals surface area contributed by atoms with Crippen molar-refractivity contribution < 1.29 is 4.79 Å². The molecular weight excluding hydrogens is 212 g/mol. The Morgan fingerprint density at radius 2 is 2.18 bits per heavy atom. The van der Waals surface area contributed by atoms with Crippen LogP contribution in [-0.2, 0) is 4.79 Å². The normalized spacial score (nSPS) is 30.4. The molecule has 17 heavy (non-hydrogen) atoms. The van der Waals surface area contributed by atoms with Crippen LogP contribution in [0.4, 0.5) is 0 Å². The van der Waals surface area contributed by atoms with Crippen molar-refractivity contribution in [1.82, 2.24) is 5.32 Å². The van der Waals surface area contributed by atoms with Crippen molar-refractivity contribution >= 4 is 5.91 Å². The first-order valence-electron chi connectivity index (χ1n) is 6.78. The summed E-state index contributed by atoms with van der Waals surface area (Å²) in [6.45, 7) is 6.47. The van der Waals surface area contributed by atoms with Crippen LogP contribution < -0.4 is 5.32 Å². The van der Waals surface area contributed by atoms with Gasteiger partial charge in [-0.15, -0.1) is 0 Å². The molecule has 3 nitrogen and oxygen atoms in total. The van der Waals surface area contributed by atoms with E-state index < -0.39 is 5.92 Å². The van der Waals surface area contributed by atoms with E-state index in [0.717, 1.165) is 18.8 Å². The molecule has 4 unspecified atom stereocenters. The summed E-state index contributed by atoms with van der Waals surface area (Å²) in [4.78, 5) is 11.9. The van der Waals surface area contributed by atoms with Crippen molar-refractivity contribution in [2.75, 3.05) is 0 Å². The van der Waals surface area contributed by atoms with Crippen LogP contribution in [-0.4, -0.2) is 11.9 Å². The summed E-state index contributed by atoms with van der Waals surface area (Å²) in [5.74, 6) is 0.761. The zero-order valence-electron chi connectivity index (χ0n) is 11.2. The molecule has 0 bridgehead atoms. The van der Waals surface area contributed by atoms with Crippen molar-refractivity contribution in [2.45, 2.75) is 58.9 Å². The molecule has 1 aliphatic rings. The number of rotatable bonds is 4. The Bertz CT molecular complexity index is 295. The van der Waals surface area contributed by atoms with Gasteiger partial charge in [-0.2, -0.15) is 5.26 Å². The molecule has 96 valence electrons. The van der Waals surface area contributed by atoms with Gasteiger partial charge in [-0.1, -0.05) is 27.2 Å². The Kier molecular flexibility index (Phi) is 5.47. The van der Waals surface area contributed by atoms with Gasteiger partial charge in [0.2, 0.25) is 5.91 Å². The monoisotopic (exact) mass is 236 g/mol. The summed E-state index contributed by atoms with van der Waals surface area (Å²) in [7, 11) is 0. The van der Waals surface area contributed by atoms with Gasteiger partial charge < -0.3 is 5.32 Å². The number of amides is 1. The van der Waals surface area contributed by atoms with Gasteiger partial charge >= 0.3 is 0 Å². The van der Waals surface area contributed by atoms with Gasteiger partial charge in [-0.25, -0.2) is 0 Å². The summed E-state index contributed by atoms with van der Waals surface area (Å²) in [5.41, 5.74) is 0. The lowest BCUT2D eigenvalue weighted by Gasteiger charge is -2.33. The molecule has 0 aliphatic heterocycles. The second-order valence-electron chi connectivity index (χ2n) is 5.48. The molecule has 0 radical (unpaired) electrons. The maximum Gasteiger partial charge on any atom is 0.237 e. The summed E-state index contributed by atoms with van der Waals surface area (Å²) in [5, 5.41) is 12.0. The molecule has 0 aromatic rings. The molecule has 1 fully saturated rings.